The second-order valence-electron chi connectivity index (χ2n) is 5.18. The maximum Gasteiger partial charge on any atom is 0.344 e. The topological polar surface area (TPSA) is 122 Å². The second kappa shape index (κ2) is 8.74. The third kappa shape index (κ3) is 5.11. The Bertz CT molecular complexity index is 815. The number of nitrogens with one attached hydrogen (secondary N) is 1. The van der Waals surface area contributed by atoms with Crippen LogP contribution in [0.3, 0.4) is 0 Å². The van der Waals surface area contributed by atoms with Gasteiger partial charge >= 0.3 is 18.0 Å². The largest absolute Gasteiger partial charge is 0.480 e. The van der Waals surface area contributed by atoms with Gasteiger partial charge in [-0.05, 0) is 30.7 Å². The van der Waals surface area contributed by atoms with Crippen molar-refractivity contribution in [2.75, 3.05) is 19.8 Å². The van der Waals surface area contributed by atoms with Crippen LogP contribution in [0.25, 0.3) is 6.08 Å². The lowest BCUT2D eigenvalue weighted by atomic mass is 10.1. The summed E-state index contributed by atoms with van der Waals surface area (Å²) < 4.78 is 9.97. The predicted molar refractivity (Wildman–Crippen MR) is 94.4 cm³/mol. The number of esters is 1. The third-order valence-corrected chi connectivity index (χ3v) is 3.79. The minimum absolute atomic E-state index is 0.0582. The van der Waals surface area contributed by atoms with Crippen molar-refractivity contribution in [3.8, 4) is 5.75 Å². The number of hydrogen-bond donors (Lipinski definition) is 2. The molecule has 1 aromatic carbocycles. The quantitative estimate of drug-likeness (QED) is 0.395. The normalized spacial score (nSPS) is 15.1. The fourth-order valence-corrected chi connectivity index (χ4v) is 2.76. The van der Waals surface area contributed by atoms with Crippen molar-refractivity contribution in [3.05, 3.63) is 33.4 Å². The van der Waals surface area contributed by atoms with Gasteiger partial charge in [-0.3, -0.25) is 9.59 Å². The van der Waals surface area contributed by atoms with E-state index in [2.05, 4.69) is 5.32 Å². The maximum absolute atomic E-state index is 12.1. The van der Waals surface area contributed by atoms with Crippen LogP contribution in [-0.2, 0) is 19.1 Å². The minimum atomic E-state index is -1.33. The van der Waals surface area contributed by atoms with Gasteiger partial charge in [0.1, 0.15) is 12.2 Å². The Hall–Kier alpha value is -2.78. The number of carboxylic acid groups (broad SMARTS) is 1. The molecule has 27 heavy (non-hydrogen) atoms. The SMILES string of the molecule is CCOC(=O)COc1c(Cl)cc(/C=C2/NC(=O)N(CC(=O)O)C2=O)cc1Cl. The molecule has 1 heterocycles. The summed E-state index contributed by atoms with van der Waals surface area (Å²) in [6.45, 7) is 0.714. The van der Waals surface area contributed by atoms with Crippen molar-refractivity contribution in [1.82, 2.24) is 10.2 Å². The third-order valence-electron chi connectivity index (χ3n) is 3.23. The molecule has 144 valence electrons. The standard InChI is InChI=1S/C16H14Cl2N2O7/c1-2-26-13(23)7-27-14-9(17)3-8(4-10(14)18)5-11-15(24)20(6-12(21)22)16(25)19-11/h3-5H,2,6-7H2,1H3,(H,19,25)(H,21,22)/b11-5+. The number of benzene rings is 1. The molecule has 1 fully saturated rings. The summed E-state index contributed by atoms with van der Waals surface area (Å²) in [6.07, 6.45) is 1.29. The van der Waals surface area contributed by atoms with Crippen molar-refractivity contribution < 1.29 is 33.8 Å². The molecule has 0 unspecified atom stereocenters. The van der Waals surface area contributed by atoms with Gasteiger partial charge in [0.2, 0.25) is 0 Å². The summed E-state index contributed by atoms with van der Waals surface area (Å²) >= 11 is 12.2. The smallest absolute Gasteiger partial charge is 0.344 e. The number of imide groups is 1. The molecule has 1 saturated heterocycles. The lowest BCUT2D eigenvalue weighted by Gasteiger charge is -2.10. The summed E-state index contributed by atoms with van der Waals surface area (Å²) in [4.78, 5) is 46.4. The fraction of sp³-hybridized carbons (Fsp3) is 0.250. The van der Waals surface area contributed by atoms with Crippen LogP contribution in [0, 0.1) is 0 Å². The summed E-state index contributed by atoms with van der Waals surface area (Å²) in [5.74, 6) is -2.65. The van der Waals surface area contributed by atoms with E-state index in [1.165, 1.54) is 18.2 Å². The van der Waals surface area contributed by atoms with Gasteiger partial charge < -0.3 is 19.9 Å². The van der Waals surface area contributed by atoms with Crippen LogP contribution in [0.4, 0.5) is 4.79 Å². The van der Waals surface area contributed by atoms with E-state index in [9.17, 15) is 19.2 Å². The number of hydrogen-bond acceptors (Lipinski definition) is 6. The summed E-state index contributed by atoms with van der Waals surface area (Å²) in [5.41, 5.74) is 0.225. The van der Waals surface area contributed by atoms with Crippen LogP contribution in [0.5, 0.6) is 5.75 Å². The molecule has 0 aromatic heterocycles. The summed E-state index contributed by atoms with van der Waals surface area (Å²) in [6, 6.07) is 1.96. The Kier molecular flexibility index (Phi) is 6.65. The number of carboxylic acids is 1. The monoisotopic (exact) mass is 416 g/mol. The number of amides is 3. The number of rotatable bonds is 7. The van der Waals surface area contributed by atoms with Gasteiger partial charge in [-0.25, -0.2) is 14.5 Å². The Labute approximate surface area is 163 Å². The fourth-order valence-electron chi connectivity index (χ4n) is 2.15. The second-order valence-corrected chi connectivity index (χ2v) is 5.99. The van der Waals surface area contributed by atoms with Gasteiger partial charge in [0.05, 0.1) is 16.7 Å². The van der Waals surface area contributed by atoms with Gasteiger partial charge in [0.15, 0.2) is 12.4 Å². The summed E-state index contributed by atoms with van der Waals surface area (Å²) in [5, 5.41) is 11.1. The van der Waals surface area contributed by atoms with E-state index >= 15 is 0 Å². The van der Waals surface area contributed by atoms with E-state index in [1.54, 1.807) is 6.92 Å². The van der Waals surface area contributed by atoms with E-state index in [1.807, 2.05) is 0 Å². The molecule has 1 aromatic rings. The van der Waals surface area contributed by atoms with Gasteiger partial charge in [0, 0.05) is 0 Å². The number of urea groups is 1. The first-order chi connectivity index (χ1) is 12.7. The van der Waals surface area contributed by atoms with E-state index in [0.717, 1.165) is 0 Å². The van der Waals surface area contributed by atoms with Gasteiger partial charge in [-0.15, -0.1) is 0 Å². The average Bonchev–Trinajstić information content (AvgIpc) is 2.81. The molecule has 0 bridgehead atoms. The highest BCUT2D eigenvalue weighted by molar-refractivity contribution is 6.37. The Morgan fingerprint density at radius 1 is 1.26 bits per heavy atom. The Balaban J connectivity index is 2.19. The molecule has 1 aliphatic heterocycles. The molecule has 0 saturated carbocycles. The highest BCUT2D eigenvalue weighted by Gasteiger charge is 2.34. The molecule has 3 amide bonds. The number of carbonyl (C=O) groups excluding carboxylic acids is 3. The van der Waals surface area contributed by atoms with Crippen molar-refractivity contribution in [3.63, 3.8) is 0 Å². The zero-order chi connectivity index (χ0) is 20.1. The lowest BCUT2D eigenvalue weighted by molar-refractivity contribution is -0.145. The van der Waals surface area contributed by atoms with Crippen LogP contribution >= 0.6 is 23.2 Å². The number of carbonyl (C=O) groups is 4. The van der Waals surface area contributed by atoms with Crippen LogP contribution in [0.2, 0.25) is 10.0 Å². The molecule has 0 radical (unpaired) electrons. The van der Waals surface area contributed by atoms with Crippen LogP contribution in [-0.4, -0.2) is 53.6 Å². The zero-order valence-electron chi connectivity index (χ0n) is 14.0. The predicted octanol–water partition coefficient (Wildman–Crippen LogP) is 1.91. The summed E-state index contributed by atoms with van der Waals surface area (Å²) in [7, 11) is 0. The highest BCUT2D eigenvalue weighted by Crippen LogP contribution is 2.35. The molecule has 0 aliphatic carbocycles. The Morgan fingerprint density at radius 3 is 2.44 bits per heavy atom. The van der Waals surface area contributed by atoms with E-state index in [4.69, 9.17) is 37.8 Å². The van der Waals surface area contributed by atoms with Gasteiger partial charge in [0.25, 0.3) is 5.91 Å². The van der Waals surface area contributed by atoms with Crippen molar-refractivity contribution in [1.29, 1.82) is 0 Å². The molecule has 2 N–H and O–H groups in total. The Morgan fingerprint density at radius 2 is 1.89 bits per heavy atom. The first kappa shape index (κ1) is 20.5. The number of aliphatic carboxylic acids is 1. The van der Waals surface area contributed by atoms with Crippen LogP contribution in [0.1, 0.15) is 12.5 Å². The lowest BCUT2D eigenvalue weighted by Crippen LogP contribution is -2.35. The number of nitrogens with zero attached hydrogens (tertiary/aromatic N) is 1. The molecular formula is C16H14Cl2N2O7. The molecular weight excluding hydrogens is 403 g/mol. The van der Waals surface area contributed by atoms with Crippen molar-refractivity contribution >= 4 is 53.2 Å². The van der Waals surface area contributed by atoms with E-state index in [-0.39, 0.29) is 34.7 Å². The molecule has 0 spiro atoms. The maximum atomic E-state index is 12.1. The molecule has 11 heteroatoms. The van der Waals surface area contributed by atoms with E-state index < -0.39 is 30.4 Å². The molecule has 1 aliphatic rings. The van der Waals surface area contributed by atoms with Crippen LogP contribution in [0.15, 0.2) is 17.8 Å². The average molecular weight is 417 g/mol. The van der Waals surface area contributed by atoms with Crippen molar-refractivity contribution in [2.45, 2.75) is 6.92 Å². The highest BCUT2D eigenvalue weighted by atomic mass is 35.5. The minimum Gasteiger partial charge on any atom is -0.480 e. The number of halogens is 2. The van der Waals surface area contributed by atoms with Gasteiger partial charge in [-0.2, -0.15) is 0 Å². The molecule has 9 nitrogen and oxygen atoms in total. The van der Waals surface area contributed by atoms with E-state index in [0.29, 0.717) is 10.5 Å². The number of ether oxygens (including phenoxy) is 2. The zero-order valence-corrected chi connectivity index (χ0v) is 15.5. The molecule has 0 atom stereocenters. The van der Waals surface area contributed by atoms with Crippen molar-refractivity contribution in [2.24, 2.45) is 0 Å². The van der Waals surface area contributed by atoms with Crippen LogP contribution < -0.4 is 10.1 Å². The first-order valence-electron chi connectivity index (χ1n) is 7.56. The first-order valence-corrected chi connectivity index (χ1v) is 8.32. The van der Waals surface area contributed by atoms with Gasteiger partial charge in [-0.1, -0.05) is 23.2 Å². The molecule has 2 rings (SSSR count).